The zero-order valence-electron chi connectivity index (χ0n) is 12.2. The highest BCUT2D eigenvalue weighted by Crippen LogP contribution is 2.51. The van der Waals surface area contributed by atoms with Crippen LogP contribution in [-0.4, -0.2) is 31.5 Å². The number of fused-ring (bicyclic) bond motifs is 2. The number of aliphatic imine (C=N–C) groups is 1. The summed E-state index contributed by atoms with van der Waals surface area (Å²) in [6, 6.07) is 0. The number of amidine groups is 1. The Hall–Kier alpha value is -1.13. The summed E-state index contributed by atoms with van der Waals surface area (Å²) in [4.78, 5) is 7.08. The molecule has 6 heteroatoms. The fourth-order valence-electron chi connectivity index (χ4n) is 3.00. The Bertz CT molecular complexity index is 602. The number of hydrogen-bond donors (Lipinski definition) is 0. The van der Waals surface area contributed by atoms with E-state index in [9.17, 15) is 0 Å². The van der Waals surface area contributed by atoms with E-state index in [1.165, 1.54) is 19.3 Å². The Morgan fingerprint density at radius 3 is 2.48 bits per heavy atom. The molecule has 0 atom stereocenters. The second-order valence-corrected chi connectivity index (χ2v) is 6.04. The molecule has 0 aliphatic carbocycles. The molecule has 1 fully saturated rings. The van der Waals surface area contributed by atoms with Gasteiger partial charge in [0.1, 0.15) is 21.6 Å². The third-order valence-electron chi connectivity index (χ3n) is 4.06. The van der Waals surface area contributed by atoms with Crippen molar-refractivity contribution in [2.75, 3.05) is 20.8 Å². The van der Waals surface area contributed by atoms with E-state index in [-0.39, 0.29) is 0 Å². The number of halogens is 2. The summed E-state index contributed by atoms with van der Waals surface area (Å²) < 4.78 is 10.8. The summed E-state index contributed by atoms with van der Waals surface area (Å²) in [6.45, 7) is 1.75. The molecule has 0 N–H and O–H groups in total. The highest BCUT2D eigenvalue weighted by molar-refractivity contribution is 6.40. The summed E-state index contributed by atoms with van der Waals surface area (Å²) in [5, 5.41) is 0.881. The molecule has 3 rings (SSSR count). The molecule has 0 radical (unpaired) electrons. The maximum Gasteiger partial charge on any atom is 0.162 e. The molecule has 0 spiro atoms. The van der Waals surface area contributed by atoms with Crippen LogP contribution in [0.25, 0.3) is 0 Å². The Morgan fingerprint density at radius 1 is 1.00 bits per heavy atom. The van der Waals surface area contributed by atoms with Gasteiger partial charge in [0.05, 0.1) is 19.9 Å². The van der Waals surface area contributed by atoms with E-state index in [0.717, 1.165) is 36.6 Å². The average molecular weight is 329 g/mol. The number of benzene rings is 1. The largest absolute Gasteiger partial charge is 0.495 e. The number of methoxy groups -OCH3 is 2. The Labute approximate surface area is 134 Å². The van der Waals surface area contributed by atoms with Gasteiger partial charge in [-0.3, -0.25) is 0 Å². The number of hydrogen-bond acceptors (Lipinski definition) is 4. The van der Waals surface area contributed by atoms with Crippen molar-refractivity contribution in [3.05, 3.63) is 15.6 Å². The first-order chi connectivity index (χ1) is 10.2. The van der Waals surface area contributed by atoms with Crippen molar-refractivity contribution in [2.45, 2.75) is 32.2 Å². The second-order valence-electron chi connectivity index (χ2n) is 5.28. The molecule has 2 aliphatic rings. The van der Waals surface area contributed by atoms with E-state index in [0.29, 0.717) is 21.5 Å². The fourth-order valence-corrected chi connectivity index (χ4v) is 3.74. The summed E-state index contributed by atoms with van der Waals surface area (Å²) >= 11 is 12.8. The van der Waals surface area contributed by atoms with Crippen LogP contribution in [0.1, 0.15) is 31.2 Å². The number of rotatable bonds is 2. The molecule has 0 saturated carbocycles. The zero-order chi connectivity index (χ0) is 15.0. The summed E-state index contributed by atoms with van der Waals surface area (Å²) in [6.07, 6.45) is 4.59. The minimum Gasteiger partial charge on any atom is -0.495 e. The minimum absolute atomic E-state index is 0.414. The fraction of sp³-hybridized carbons (Fsp3) is 0.533. The van der Waals surface area contributed by atoms with E-state index in [1.807, 2.05) is 0 Å². The zero-order valence-corrected chi connectivity index (χ0v) is 13.7. The number of nitrogens with zero attached hydrogens (tertiary/aromatic N) is 2. The monoisotopic (exact) mass is 328 g/mol. The van der Waals surface area contributed by atoms with Gasteiger partial charge in [-0.2, -0.15) is 0 Å². The molecule has 1 aromatic carbocycles. The van der Waals surface area contributed by atoms with Crippen LogP contribution >= 0.6 is 23.2 Å². The van der Waals surface area contributed by atoms with Gasteiger partial charge in [-0.25, -0.2) is 4.99 Å². The highest BCUT2D eigenvalue weighted by atomic mass is 35.5. The molecule has 114 valence electrons. The van der Waals surface area contributed by atoms with Gasteiger partial charge in [0.2, 0.25) is 0 Å². The van der Waals surface area contributed by atoms with E-state index < -0.39 is 0 Å². The number of ether oxygens (including phenoxy) is 2. The topological polar surface area (TPSA) is 34.1 Å². The van der Waals surface area contributed by atoms with Crippen molar-refractivity contribution in [3.8, 4) is 11.5 Å². The van der Waals surface area contributed by atoms with Crippen LogP contribution in [0.4, 0.5) is 5.69 Å². The first-order valence-electron chi connectivity index (χ1n) is 7.11. The summed E-state index contributed by atoms with van der Waals surface area (Å²) in [5.41, 5.74) is 1.68. The van der Waals surface area contributed by atoms with Crippen molar-refractivity contribution >= 4 is 34.7 Å². The van der Waals surface area contributed by atoms with Gasteiger partial charge < -0.3 is 14.4 Å². The summed E-state index contributed by atoms with van der Waals surface area (Å²) in [7, 11) is 3.16. The summed E-state index contributed by atoms with van der Waals surface area (Å²) in [5.74, 6) is 2.15. The molecule has 0 unspecified atom stereocenters. The van der Waals surface area contributed by atoms with Crippen molar-refractivity contribution < 1.29 is 9.47 Å². The van der Waals surface area contributed by atoms with Gasteiger partial charge in [0, 0.05) is 25.1 Å². The molecule has 1 aromatic rings. The SMILES string of the molecule is COc1c(Cl)c2c(c(OC)c1Cl)CN1CCCCCC1=N2. The van der Waals surface area contributed by atoms with Gasteiger partial charge >= 0.3 is 0 Å². The second kappa shape index (κ2) is 5.93. The van der Waals surface area contributed by atoms with Crippen LogP contribution in [0.2, 0.25) is 10.0 Å². The van der Waals surface area contributed by atoms with E-state index in [2.05, 4.69) is 4.90 Å². The van der Waals surface area contributed by atoms with E-state index in [1.54, 1.807) is 14.2 Å². The van der Waals surface area contributed by atoms with Crippen LogP contribution in [0.15, 0.2) is 4.99 Å². The first kappa shape index (κ1) is 14.8. The lowest BCUT2D eigenvalue weighted by molar-refractivity contribution is 0.367. The van der Waals surface area contributed by atoms with Gasteiger partial charge in [0.25, 0.3) is 0 Å². The van der Waals surface area contributed by atoms with Crippen LogP contribution in [0.3, 0.4) is 0 Å². The Kier molecular flexibility index (Phi) is 4.18. The standard InChI is InChI=1S/C15H18Cl2N2O2/c1-20-14-9-8-19-7-5-3-4-6-10(19)18-13(9)11(16)15(21-2)12(14)17/h3-8H2,1-2H3. The lowest BCUT2D eigenvalue weighted by Gasteiger charge is -2.31. The third kappa shape index (κ3) is 2.44. The van der Waals surface area contributed by atoms with E-state index >= 15 is 0 Å². The highest BCUT2D eigenvalue weighted by Gasteiger charge is 2.30. The first-order valence-corrected chi connectivity index (χ1v) is 7.87. The van der Waals surface area contributed by atoms with Gasteiger partial charge in [0.15, 0.2) is 5.75 Å². The molecule has 0 bridgehead atoms. The van der Waals surface area contributed by atoms with Crippen molar-refractivity contribution in [1.29, 1.82) is 0 Å². The lowest BCUT2D eigenvalue weighted by atomic mass is 10.1. The molecule has 4 nitrogen and oxygen atoms in total. The van der Waals surface area contributed by atoms with Crippen molar-refractivity contribution in [3.63, 3.8) is 0 Å². The van der Waals surface area contributed by atoms with Crippen LogP contribution in [0.5, 0.6) is 11.5 Å². The average Bonchev–Trinajstić information content (AvgIpc) is 2.71. The molecule has 1 saturated heterocycles. The predicted molar refractivity (Wildman–Crippen MR) is 85.5 cm³/mol. The van der Waals surface area contributed by atoms with Crippen molar-refractivity contribution in [1.82, 2.24) is 4.90 Å². The van der Waals surface area contributed by atoms with Gasteiger partial charge in [-0.1, -0.05) is 29.6 Å². The smallest absolute Gasteiger partial charge is 0.162 e. The van der Waals surface area contributed by atoms with Gasteiger partial charge in [-0.05, 0) is 12.8 Å². The molecule has 21 heavy (non-hydrogen) atoms. The molecule has 0 aromatic heterocycles. The molecule has 0 amide bonds. The normalized spacial score (nSPS) is 17.5. The van der Waals surface area contributed by atoms with Gasteiger partial charge in [-0.15, -0.1) is 0 Å². The molecule has 2 heterocycles. The minimum atomic E-state index is 0.414. The Morgan fingerprint density at radius 2 is 1.76 bits per heavy atom. The van der Waals surface area contributed by atoms with Crippen molar-refractivity contribution in [2.24, 2.45) is 4.99 Å². The lowest BCUT2D eigenvalue weighted by Crippen LogP contribution is -2.32. The molecule has 2 aliphatic heterocycles. The Balaban J connectivity index is 2.18. The van der Waals surface area contributed by atoms with Crippen LogP contribution in [-0.2, 0) is 6.54 Å². The van der Waals surface area contributed by atoms with E-state index in [4.69, 9.17) is 37.7 Å². The van der Waals surface area contributed by atoms with Crippen LogP contribution < -0.4 is 9.47 Å². The van der Waals surface area contributed by atoms with Crippen LogP contribution in [0, 0.1) is 0 Å². The third-order valence-corrected chi connectivity index (χ3v) is 4.75. The predicted octanol–water partition coefficient (Wildman–Crippen LogP) is 4.43. The maximum atomic E-state index is 6.44. The maximum absolute atomic E-state index is 6.44. The quantitative estimate of drug-likeness (QED) is 0.805. The molecular formula is C15H18Cl2N2O2. The molecular weight excluding hydrogens is 311 g/mol.